The van der Waals surface area contributed by atoms with Gasteiger partial charge in [0.05, 0.1) is 4.90 Å². The number of hydrogen-bond acceptors (Lipinski definition) is 3. The van der Waals surface area contributed by atoms with Gasteiger partial charge in [0.1, 0.15) is 0 Å². The van der Waals surface area contributed by atoms with Crippen molar-refractivity contribution in [1.29, 1.82) is 0 Å². The lowest BCUT2D eigenvalue weighted by Gasteiger charge is -2.34. The van der Waals surface area contributed by atoms with Gasteiger partial charge in [0.25, 0.3) is 5.91 Å². The molecular weight excluding hydrogens is 288 g/mol. The van der Waals surface area contributed by atoms with Crippen molar-refractivity contribution < 1.29 is 13.2 Å². The van der Waals surface area contributed by atoms with Crippen molar-refractivity contribution in [1.82, 2.24) is 4.90 Å². The molecule has 1 amide bonds. The maximum absolute atomic E-state index is 12.7. The number of primary sulfonamides is 1. The molecule has 5 nitrogen and oxygen atoms in total. The third-order valence-electron chi connectivity index (χ3n) is 4.12. The number of hydrogen-bond donors (Lipinski definition) is 1. The van der Waals surface area contributed by atoms with Crippen LogP contribution in [0.2, 0.25) is 0 Å². The van der Waals surface area contributed by atoms with E-state index in [1.807, 2.05) is 18.7 Å². The van der Waals surface area contributed by atoms with Crippen LogP contribution in [0.1, 0.15) is 47.7 Å². The van der Waals surface area contributed by atoms with Crippen LogP contribution in [0.3, 0.4) is 0 Å². The topological polar surface area (TPSA) is 80.5 Å². The van der Waals surface area contributed by atoms with Crippen LogP contribution < -0.4 is 5.14 Å². The van der Waals surface area contributed by atoms with E-state index >= 15 is 0 Å². The molecule has 116 valence electrons. The van der Waals surface area contributed by atoms with Gasteiger partial charge in [-0.3, -0.25) is 4.79 Å². The fraction of sp³-hybridized carbons (Fsp3) is 0.533. The highest BCUT2D eigenvalue weighted by molar-refractivity contribution is 7.89. The number of nitrogens with zero attached hydrogens (tertiary/aromatic N) is 1. The summed E-state index contributed by atoms with van der Waals surface area (Å²) in [4.78, 5) is 14.6. The Balaban J connectivity index is 2.46. The van der Waals surface area contributed by atoms with Crippen LogP contribution in [0.4, 0.5) is 0 Å². The van der Waals surface area contributed by atoms with Crippen molar-refractivity contribution in [3.63, 3.8) is 0 Å². The molecule has 1 unspecified atom stereocenters. The van der Waals surface area contributed by atoms with Gasteiger partial charge in [0.15, 0.2) is 0 Å². The maximum atomic E-state index is 12.7. The van der Waals surface area contributed by atoms with Gasteiger partial charge in [-0.15, -0.1) is 0 Å². The first-order valence-corrected chi connectivity index (χ1v) is 8.71. The second kappa shape index (κ2) is 5.77. The number of carbonyl (C=O) groups excluding carboxylic acids is 1. The minimum absolute atomic E-state index is 0.0288. The second-order valence-corrected chi connectivity index (χ2v) is 7.35. The highest BCUT2D eigenvalue weighted by Gasteiger charge is 2.26. The van der Waals surface area contributed by atoms with E-state index in [0.717, 1.165) is 31.4 Å². The Kier molecular flexibility index (Phi) is 4.39. The smallest absolute Gasteiger partial charge is 0.254 e. The van der Waals surface area contributed by atoms with Crippen LogP contribution in [0.5, 0.6) is 0 Å². The zero-order valence-corrected chi connectivity index (χ0v) is 13.5. The van der Waals surface area contributed by atoms with Crippen molar-refractivity contribution in [3.05, 3.63) is 28.8 Å². The van der Waals surface area contributed by atoms with Crippen LogP contribution in [-0.2, 0) is 10.0 Å². The standard InChI is InChI=1S/C15H22N2O3S/c1-10-8-11(2)14(21(16,19)20)9-13(10)15(18)17-7-5-4-6-12(17)3/h8-9,12H,4-7H2,1-3H3,(H2,16,19,20). The van der Waals surface area contributed by atoms with Gasteiger partial charge < -0.3 is 4.90 Å². The second-order valence-electron chi connectivity index (χ2n) is 5.82. The van der Waals surface area contributed by atoms with Crippen LogP contribution in [-0.4, -0.2) is 31.8 Å². The molecule has 0 aromatic heterocycles. The number of amides is 1. The van der Waals surface area contributed by atoms with Crippen LogP contribution in [0.25, 0.3) is 0 Å². The summed E-state index contributed by atoms with van der Waals surface area (Å²) in [5, 5.41) is 5.23. The van der Waals surface area contributed by atoms with E-state index in [1.165, 1.54) is 6.07 Å². The quantitative estimate of drug-likeness (QED) is 0.906. The summed E-state index contributed by atoms with van der Waals surface area (Å²) in [5.41, 5.74) is 1.78. The van der Waals surface area contributed by atoms with Gasteiger partial charge >= 0.3 is 0 Å². The fourth-order valence-corrected chi connectivity index (χ4v) is 3.71. The summed E-state index contributed by atoms with van der Waals surface area (Å²) in [6.07, 6.45) is 3.10. The summed E-state index contributed by atoms with van der Waals surface area (Å²) >= 11 is 0. The summed E-state index contributed by atoms with van der Waals surface area (Å²) < 4.78 is 23.3. The minimum Gasteiger partial charge on any atom is -0.336 e. The Morgan fingerprint density at radius 3 is 2.48 bits per heavy atom. The first-order valence-electron chi connectivity index (χ1n) is 7.17. The highest BCUT2D eigenvalue weighted by Crippen LogP contribution is 2.24. The summed E-state index contributed by atoms with van der Waals surface area (Å²) in [6.45, 7) is 6.26. The molecule has 21 heavy (non-hydrogen) atoms. The third-order valence-corrected chi connectivity index (χ3v) is 5.18. The Morgan fingerprint density at radius 2 is 1.90 bits per heavy atom. The first kappa shape index (κ1) is 16.0. The Labute approximate surface area is 126 Å². The number of carbonyl (C=O) groups is 1. The highest BCUT2D eigenvalue weighted by atomic mass is 32.2. The van der Waals surface area contributed by atoms with Gasteiger partial charge in [0.2, 0.25) is 10.0 Å². The van der Waals surface area contributed by atoms with E-state index in [0.29, 0.717) is 11.1 Å². The molecule has 2 rings (SSSR count). The summed E-state index contributed by atoms with van der Waals surface area (Å²) in [7, 11) is -3.82. The van der Waals surface area contributed by atoms with Crippen molar-refractivity contribution in [2.75, 3.05) is 6.54 Å². The van der Waals surface area contributed by atoms with Crippen molar-refractivity contribution in [2.45, 2.75) is 51.0 Å². The Morgan fingerprint density at radius 1 is 1.24 bits per heavy atom. The molecular formula is C15H22N2O3S. The Bertz CT molecular complexity index is 668. The number of benzene rings is 1. The first-order chi connectivity index (χ1) is 9.71. The lowest BCUT2D eigenvalue weighted by atomic mass is 9.99. The number of sulfonamides is 1. The predicted molar refractivity (Wildman–Crippen MR) is 81.6 cm³/mol. The number of aryl methyl sites for hydroxylation is 2. The molecule has 1 aromatic carbocycles. The molecule has 6 heteroatoms. The maximum Gasteiger partial charge on any atom is 0.254 e. The molecule has 1 aromatic rings. The molecule has 1 atom stereocenters. The van der Waals surface area contributed by atoms with Gasteiger partial charge in [-0.25, -0.2) is 13.6 Å². The summed E-state index contributed by atoms with van der Waals surface area (Å²) in [6, 6.07) is 3.32. The molecule has 1 aliphatic heterocycles. The van der Waals surface area contributed by atoms with E-state index in [2.05, 4.69) is 0 Å². The summed E-state index contributed by atoms with van der Waals surface area (Å²) in [5.74, 6) is -0.107. The number of likely N-dealkylation sites (tertiary alicyclic amines) is 1. The molecule has 2 N–H and O–H groups in total. The molecule has 0 bridgehead atoms. The van der Waals surface area contributed by atoms with E-state index in [9.17, 15) is 13.2 Å². The lowest BCUT2D eigenvalue weighted by molar-refractivity contribution is 0.0634. The zero-order chi connectivity index (χ0) is 15.8. The molecule has 1 aliphatic rings. The van der Waals surface area contributed by atoms with E-state index < -0.39 is 10.0 Å². The molecule has 1 fully saturated rings. The van der Waals surface area contributed by atoms with Gasteiger partial charge in [-0.05, 0) is 57.2 Å². The largest absolute Gasteiger partial charge is 0.336 e. The van der Waals surface area contributed by atoms with Gasteiger partial charge in [-0.1, -0.05) is 6.07 Å². The van der Waals surface area contributed by atoms with E-state index in [4.69, 9.17) is 5.14 Å². The average Bonchev–Trinajstić information content (AvgIpc) is 2.37. The van der Waals surface area contributed by atoms with Crippen molar-refractivity contribution >= 4 is 15.9 Å². The molecule has 0 aliphatic carbocycles. The van der Waals surface area contributed by atoms with E-state index in [1.54, 1.807) is 13.0 Å². The third kappa shape index (κ3) is 3.27. The molecule has 1 saturated heterocycles. The fourth-order valence-electron chi connectivity index (χ4n) is 2.92. The molecule has 1 heterocycles. The molecule has 0 spiro atoms. The van der Waals surface area contributed by atoms with Crippen molar-refractivity contribution in [3.8, 4) is 0 Å². The molecule has 0 radical (unpaired) electrons. The monoisotopic (exact) mass is 310 g/mol. The van der Waals surface area contributed by atoms with Gasteiger partial charge in [-0.2, -0.15) is 0 Å². The van der Waals surface area contributed by atoms with Crippen molar-refractivity contribution in [2.24, 2.45) is 5.14 Å². The van der Waals surface area contributed by atoms with Crippen LogP contribution >= 0.6 is 0 Å². The minimum atomic E-state index is -3.82. The van der Waals surface area contributed by atoms with Gasteiger partial charge in [0, 0.05) is 18.2 Å². The van der Waals surface area contributed by atoms with Crippen LogP contribution in [0.15, 0.2) is 17.0 Å². The predicted octanol–water partition coefficient (Wildman–Crippen LogP) is 1.97. The Hall–Kier alpha value is -1.40. The SMILES string of the molecule is Cc1cc(C)c(S(N)(=O)=O)cc1C(=O)N1CCCCC1C. The lowest BCUT2D eigenvalue weighted by Crippen LogP contribution is -2.42. The normalized spacial score (nSPS) is 19.6. The van der Waals surface area contributed by atoms with Crippen LogP contribution in [0, 0.1) is 13.8 Å². The number of rotatable bonds is 2. The molecule has 0 saturated carbocycles. The van der Waals surface area contributed by atoms with E-state index in [-0.39, 0.29) is 16.8 Å². The average molecular weight is 310 g/mol. The zero-order valence-electron chi connectivity index (χ0n) is 12.7. The number of piperidine rings is 1. The number of nitrogens with two attached hydrogens (primary N) is 1.